The molecule has 8 heteroatoms. The fourth-order valence-corrected chi connectivity index (χ4v) is 4.55. The third kappa shape index (κ3) is 4.81. The van der Waals surface area contributed by atoms with Gasteiger partial charge in [-0.15, -0.1) is 0 Å². The van der Waals surface area contributed by atoms with Crippen LogP contribution in [-0.2, 0) is 16.4 Å². The van der Waals surface area contributed by atoms with Crippen LogP contribution < -0.4 is 14.5 Å². The Morgan fingerprint density at radius 1 is 1.09 bits per heavy atom. The Morgan fingerprint density at radius 3 is 2.56 bits per heavy atom. The fraction of sp³-hybridized carbons (Fsp3) is 0.167. The number of oxime groups is 1. The highest BCUT2D eigenvalue weighted by molar-refractivity contribution is 7.90. The third-order valence-corrected chi connectivity index (χ3v) is 6.58. The molecule has 7 nitrogen and oxygen atoms in total. The van der Waals surface area contributed by atoms with E-state index in [1.807, 2.05) is 6.07 Å². The number of amides is 1. The van der Waals surface area contributed by atoms with Crippen LogP contribution in [0.1, 0.15) is 28.4 Å². The molecule has 32 heavy (non-hydrogen) atoms. The van der Waals surface area contributed by atoms with Gasteiger partial charge in [0.15, 0.2) is 5.75 Å². The summed E-state index contributed by atoms with van der Waals surface area (Å²) in [4.78, 5) is 20.1. The number of hydrogen-bond donors (Lipinski definition) is 1. The lowest BCUT2D eigenvalue weighted by atomic mass is 10.1. The first-order chi connectivity index (χ1) is 15.5. The molecule has 1 heterocycles. The molecule has 0 fully saturated rings. The summed E-state index contributed by atoms with van der Waals surface area (Å²) in [6.45, 7) is 4.18. The number of rotatable bonds is 7. The Bertz CT molecular complexity index is 1240. The lowest BCUT2D eigenvalue weighted by Crippen LogP contribution is -2.30. The fourth-order valence-electron chi connectivity index (χ4n) is 3.55. The van der Waals surface area contributed by atoms with Crippen molar-refractivity contribution in [2.24, 2.45) is 5.16 Å². The maximum absolute atomic E-state index is 12.3. The molecule has 3 aromatic rings. The summed E-state index contributed by atoms with van der Waals surface area (Å²) < 4.78 is 26.6. The summed E-state index contributed by atoms with van der Waals surface area (Å²) in [6, 6.07) is 20.0. The highest BCUT2D eigenvalue weighted by Gasteiger charge is 2.19. The average Bonchev–Trinajstić information content (AvgIpc) is 3.22. The number of carbonyl (C=O) groups excluding carboxylic acids is 1. The van der Waals surface area contributed by atoms with Crippen LogP contribution in [-0.4, -0.2) is 33.6 Å². The molecule has 3 aromatic carbocycles. The molecule has 0 aromatic heterocycles. The largest absolute Gasteiger partial charge is 0.371 e. The van der Waals surface area contributed by atoms with Gasteiger partial charge in [-0.1, -0.05) is 29.4 Å². The summed E-state index contributed by atoms with van der Waals surface area (Å²) in [6.07, 6.45) is 2.66. The molecular formula is C24H23N3O4S. The number of benzene rings is 3. The minimum absolute atomic E-state index is 0.0246. The predicted molar refractivity (Wildman–Crippen MR) is 124 cm³/mol. The number of sulfonamides is 1. The SMILES string of the molecule is CCN1CCc2cc(/C=N/Oc3ccc(C(=O)NS(=O)(=O)c4ccccc4)cc3)ccc21. The van der Waals surface area contributed by atoms with Gasteiger partial charge < -0.3 is 9.74 Å². The van der Waals surface area contributed by atoms with E-state index in [1.54, 1.807) is 36.5 Å². The standard InChI is InChI=1S/C24H23N3O4S/c1-2-27-15-14-20-16-18(8-13-23(20)27)17-25-31-21-11-9-19(10-12-21)24(28)26-32(29,30)22-6-4-3-5-7-22/h3-13,16-17H,2,14-15H2,1H3,(H,26,28)/b25-17+. The molecule has 4 rings (SSSR count). The summed E-state index contributed by atoms with van der Waals surface area (Å²) in [5, 5.41) is 4.02. The number of fused-ring (bicyclic) bond motifs is 1. The highest BCUT2D eigenvalue weighted by atomic mass is 32.2. The van der Waals surface area contributed by atoms with Crippen molar-refractivity contribution in [2.45, 2.75) is 18.2 Å². The lowest BCUT2D eigenvalue weighted by Gasteiger charge is -2.16. The Kier molecular flexibility index (Phi) is 6.23. The Labute approximate surface area is 187 Å². The van der Waals surface area contributed by atoms with Gasteiger partial charge in [0, 0.05) is 24.3 Å². The first-order valence-corrected chi connectivity index (χ1v) is 11.7. The van der Waals surface area contributed by atoms with Gasteiger partial charge in [0.25, 0.3) is 15.9 Å². The van der Waals surface area contributed by atoms with Gasteiger partial charge in [0.1, 0.15) is 0 Å². The molecular weight excluding hydrogens is 426 g/mol. The van der Waals surface area contributed by atoms with Crippen molar-refractivity contribution >= 4 is 27.8 Å². The van der Waals surface area contributed by atoms with Gasteiger partial charge in [0.2, 0.25) is 0 Å². The number of likely N-dealkylation sites (N-methyl/N-ethyl adjacent to an activating group) is 1. The van der Waals surface area contributed by atoms with Crippen LogP contribution in [0.25, 0.3) is 0 Å². The molecule has 0 aliphatic carbocycles. The van der Waals surface area contributed by atoms with E-state index in [0.29, 0.717) is 5.75 Å². The van der Waals surface area contributed by atoms with Gasteiger partial charge >= 0.3 is 0 Å². The smallest absolute Gasteiger partial charge is 0.265 e. The number of nitrogens with zero attached hydrogens (tertiary/aromatic N) is 2. The zero-order valence-corrected chi connectivity index (χ0v) is 18.4. The Hall–Kier alpha value is -3.65. The van der Waals surface area contributed by atoms with Crippen molar-refractivity contribution in [3.63, 3.8) is 0 Å². The molecule has 164 valence electrons. The van der Waals surface area contributed by atoms with Gasteiger partial charge in [-0.3, -0.25) is 4.79 Å². The Morgan fingerprint density at radius 2 is 1.84 bits per heavy atom. The summed E-state index contributed by atoms with van der Waals surface area (Å²) in [7, 11) is -3.93. The zero-order chi connectivity index (χ0) is 22.6. The summed E-state index contributed by atoms with van der Waals surface area (Å²) in [5.74, 6) is -0.287. The molecule has 0 spiro atoms. The quantitative estimate of drug-likeness (QED) is 0.440. The van der Waals surface area contributed by atoms with Gasteiger partial charge in [0.05, 0.1) is 11.1 Å². The maximum Gasteiger partial charge on any atom is 0.265 e. The predicted octanol–water partition coefficient (Wildman–Crippen LogP) is 3.60. The maximum atomic E-state index is 12.3. The van der Waals surface area contributed by atoms with E-state index in [-0.39, 0.29) is 10.5 Å². The third-order valence-electron chi connectivity index (χ3n) is 5.23. The van der Waals surface area contributed by atoms with Crippen LogP contribution in [0.4, 0.5) is 5.69 Å². The van der Waals surface area contributed by atoms with E-state index in [1.165, 1.54) is 35.5 Å². The molecule has 1 amide bonds. The van der Waals surface area contributed by atoms with Crippen molar-refractivity contribution in [2.75, 3.05) is 18.0 Å². The van der Waals surface area contributed by atoms with E-state index >= 15 is 0 Å². The van der Waals surface area contributed by atoms with E-state index in [9.17, 15) is 13.2 Å². The van der Waals surface area contributed by atoms with Crippen LogP contribution in [0.3, 0.4) is 0 Å². The van der Waals surface area contributed by atoms with Crippen LogP contribution in [0.2, 0.25) is 0 Å². The molecule has 1 aliphatic heterocycles. The highest BCUT2D eigenvalue weighted by Crippen LogP contribution is 2.28. The monoisotopic (exact) mass is 449 g/mol. The van der Waals surface area contributed by atoms with E-state index in [4.69, 9.17) is 4.84 Å². The normalized spacial score (nSPS) is 13.2. The van der Waals surface area contributed by atoms with Crippen molar-refractivity contribution in [3.05, 3.63) is 89.5 Å². The number of nitrogens with one attached hydrogen (secondary N) is 1. The van der Waals surface area contributed by atoms with Gasteiger partial charge in [-0.05, 0) is 73.0 Å². The van der Waals surface area contributed by atoms with Crippen molar-refractivity contribution in [3.8, 4) is 5.75 Å². The van der Waals surface area contributed by atoms with Crippen molar-refractivity contribution in [1.82, 2.24) is 4.72 Å². The molecule has 0 atom stereocenters. The lowest BCUT2D eigenvalue weighted by molar-refractivity contribution is 0.0981. The van der Waals surface area contributed by atoms with Crippen LogP contribution in [0.15, 0.2) is 82.8 Å². The van der Waals surface area contributed by atoms with Crippen LogP contribution in [0, 0.1) is 0 Å². The molecule has 0 bridgehead atoms. The van der Waals surface area contributed by atoms with Gasteiger partial charge in [-0.25, -0.2) is 13.1 Å². The molecule has 0 unspecified atom stereocenters. The van der Waals surface area contributed by atoms with Crippen molar-refractivity contribution in [1.29, 1.82) is 0 Å². The number of hydrogen-bond acceptors (Lipinski definition) is 6. The van der Waals surface area contributed by atoms with Crippen LogP contribution >= 0.6 is 0 Å². The topological polar surface area (TPSA) is 88.1 Å². The van der Waals surface area contributed by atoms with E-state index in [0.717, 1.165) is 25.1 Å². The number of anilines is 1. The van der Waals surface area contributed by atoms with Crippen molar-refractivity contribution < 1.29 is 18.0 Å². The summed E-state index contributed by atoms with van der Waals surface area (Å²) in [5.41, 5.74) is 3.72. The van der Waals surface area contributed by atoms with E-state index < -0.39 is 15.9 Å². The molecule has 0 saturated heterocycles. The number of carbonyl (C=O) groups is 1. The Balaban J connectivity index is 1.36. The average molecular weight is 450 g/mol. The second-order valence-electron chi connectivity index (χ2n) is 7.32. The first-order valence-electron chi connectivity index (χ1n) is 10.3. The molecule has 0 radical (unpaired) electrons. The second-order valence-corrected chi connectivity index (χ2v) is 9.00. The summed E-state index contributed by atoms with van der Waals surface area (Å²) >= 11 is 0. The zero-order valence-electron chi connectivity index (χ0n) is 17.6. The minimum atomic E-state index is -3.93. The van der Waals surface area contributed by atoms with Gasteiger partial charge in [-0.2, -0.15) is 0 Å². The molecule has 1 aliphatic rings. The van der Waals surface area contributed by atoms with E-state index in [2.05, 4.69) is 33.8 Å². The molecule has 1 N–H and O–H groups in total. The van der Waals surface area contributed by atoms with Crippen LogP contribution in [0.5, 0.6) is 5.75 Å². The molecule has 0 saturated carbocycles. The minimum Gasteiger partial charge on any atom is -0.371 e. The first kappa shape index (κ1) is 21.6. The second kappa shape index (κ2) is 9.23.